The van der Waals surface area contributed by atoms with Crippen LogP contribution in [0.25, 0.3) is 71.8 Å². The van der Waals surface area contributed by atoms with Crippen LogP contribution >= 0.6 is 0 Å². The maximum atomic E-state index is 5.41. The molecule has 0 atom stereocenters. The summed E-state index contributed by atoms with van der Waals surface area (Å²) in [4.78, 5) is 10.7. The Hall–Kier alpha value is -6.84. The van der Waals surface area contributed by atoms with E-state index in [0.29, 0.717) is 5.95 Å². The molecule has 11 rings (SSSR count). The highest BCUT2D eigenvalue weighted by molar-refractivity contribution is 6.15. The molecule has 0 spiro atoms. The average Bonchev–Trinajstić information content (AvgIpc) is 3.69. The van der Waals surface area contributed by atoms with Crippen molar-refractivity contribution in [3.63, 3.8) is 0 Å². The maximum absolute atomic E-state index is 5.41. The molecule has 10 aromatic rings. The zero-order valence-electron chi connectivity index (χ0n) is 28.2. The first-order chi connectivity index (χ1) is 25.8. The van der Waals surface area contributed by atoms with Gasteiger partial charge in [0.05, 0.1) is 27.7 Å². The van der Waals surface area contributed by atoms with Crippen molar-refractivity contribution in [3.05, 3.63) is 210 Å². The molecule has 0 unspecified atom stereocenters. The van der Waals surface area contributed by atoms with E-state index in [0.717, 1.165) is 33.2 Å². The Morgan fingerprint density at radius 3 is 1.73 bits per heavy atom. The molecule has 2 aromatic heterocycles. The molecule has 1 aliphatic rings. The van der Waals surface area contributed by atoms with Crippen molar-refractivity contribution >= 4 is 43.5 Å². The Balaban J connectivity index is 1.31. The zero-order valence-corrected chi connectivity index (χ0v) is 28.2. The first kappa shape index (κ1) is 28.9. The fraction of sp³-hybridized carbons (Fsp3) is 0.0204. The minimum atomic E-state index is -0.492. The van der Waals surface area contributed by atoms with Crippen molar-refractivity contribution in [1.29, 1.82) is 0 Å². The molecule has 0 amide bonds. The maximum Gasteiger partial charge on any atom is 0.235 e. The average molecular weight is 662 g/mol. The fourth-order valence-corrected chi connectivity index (χ4v) is 8.83. The smallest absolute Gasteiger partial charge is 0.235 e. The third-order valence-corrected chi connectivity index (χ3v) is 11.0. The van der Waals surface area contributed by atoms with Crippen molar-refractivity contribution in [2.45, 2.75) is 5.41 Å². The predicted molar refractivity (Wildman–Crippen MR) is 214 cm³/mol. The molecule has 0 aliphatic heterocycles. The number of para-hydroxylation sites is 1. The van der Waals surface area contributed by atoms with E-state index in [1.165, 1.54) is 54.9 Å². The zero-order chi connectivity index (χ0) is 34.2. The van der Waals surface area contributed by atoms with Gasteiger partial charge in [-0.25, -0.2) is 9.97 Å². The molecule has 3 nitrogen and oxygen atoms in total. The molecule has 1 aliphatic carbocycles. The van der Waals surface area contributed by atoms with Gasteiger partial charge >= 0.3 is 0 Å². The molecule has 0 fully saturated rings. The van der Waals surface area contributed by atoms with Gasteiger partial charge in [-0.05, 0) is 74.5 Å². The summed E-state index contributed by atoms with van der Waals surface area (Å²) in [6.07, 6.45) is 0. The van der Waals surface area contributed by atoms with Crippen LogP contribution in [0.3, 0.4) is 0 Å². The summed E-state index contributed by atoms with van der Waals surface area (Å²) in [5.74, 6) is 0.663. The second-order valence-corrected chi connectivity index (χ2v) is 13.7. The van der Waals surface area contributed by atoms with Crippen LogP contribution in [0.2, 0.25) is 0 Å². The SMILES string of the molecule is c1ccc(-c2nc(-n3c4cc5c(cc4c4cc6ccccc6cc43)C(c3ccccc3)(c3ccccc3)c3ccccc3-5)nc3ccccc23)cc1. The second kappa shape index (κ2) is 11.1. The van der Waals surface area contributed by atoms with Crippen molar-refractivity contribution in [1.82, 2.24) is 14.5 Å². The van der Waals surface area contributed by atoms with Crippen LogP contribution < -0.4 is 0 Å². The Morgan fingerprint density at radius 2 is 0.981 bits per heavy atom. The van der Waals surface area contributed by atoms with Crippen LogP contribution in [0, 0.1) is 0 Å². The molecule has 0 N–H and O–H groups in total. The van der Waals surface area contributed by atoms with E-state index in [4.69, 9.17) is 9.97 Å². The Morgan fingerprint density at radius 1 is 0.404 bits per heavy atom. The minimum Gasteiger partial charge on any atom is -0.278 e. The number of hydrogen-bond donors (Lipinski definition) is 0. The quantitative estimate of drug-likeness (QED) is 0.188. The third-order valence-electron chi connectivity index (χ3n) is 11.0. The predicted octanol–water partition coefficient (Wildman–Crippen LogP) is 11.9. The van der Waals surface area contributed by atoms with Crippen molar-refractivity contribution < 1.29 is 0 Å². The summed E-state index contributed by atoms with van der Waals surface area (Å²) in [7, 11) is 0. The lowest BCUT2D eigenvalue weighted by molar-refractivity contribution is 0.769. The molecular weight excluding hydrogens is 631 g/mol. The van der Waals surface area contributed by atoms with E-state index in [-0.39, 0.29) is 0 Å². The lowest BCUT2D eigenvalue weighted by Crippen LogP contribution is -2.28. The van der Waals surface area contributed by atoms with Crippen LogP contribution in [-0.4, -0.2) is 14.5 Å². The Kier molecular flexibility index (Phi) is 6.17. The number of aromatic nitrogens is 3. The highest BCUT2D eigenvalue weighted by atomic mass is 15.2. The molecular formula is C49H31N3. The van der Waals surface area contributed by atoms with Crippen LogP contribution in [0.1, 0.15) is 22.3 Å². The van der Waals surface area contributed by atoms with Gasteiger partial charge in [-0.3, -0.25) is 4.57 Å². The molecule has 0 bridgehead atoms. The largest absolute Gasteiger partial charge is 0.278 e. The molecule has 242 valence electrons. The van der Waals surface area contributed by atoms with Crippen molar-refractivity contribution in [3.8, 4) is 28.3 Å². The molecule has 0 saturated carbocycles. The fourth-order valence-electron chi connectivity index (χ4n) is 8.83. The van der Waals surface area contributed by atoms with Gasteiger partial charge in [0.1, 0.15) is 0 Å². The van der Waals surface area contributed by atoms with Gasteiger partial charge in [0.2, 0.25) is 5.95 Å². The second-order valence-electron chi connectivity index (χ2n) is 13.7. The lowest BCUT2D eigenvalue weighted by atomic mass is 9.67. The number of benzene rings is 8. The van der Waals surface area contributed by atoms with Crippen LogP contribution in [0.4, 0.5) is 0 Å². The van der Waals surface area contributed by atoms with Gasteiger partial charge < -0.3 is 0 Å². The monoisotopic (exact) mass is 661 g/mol. The first-order valence-corrected chi connectivity index (χ1v) is 17.8. The van der Waals surface area contributed by atoms with Gasteiger partial charge in [0, 0.05) is 21.7 Å². The van der Waals surface area contributed by atoms with E-state index in [1.54, 1.807) is 0 Å². The Labute approximate surface area is 301 Å². The number of nitrogens with zero attached hydrogens (tertiary/aromatic N) is 3. The molecule has 3 heteroatoms. The normalized spacial score (nSPS) is 13.2. The van der Waals surface area contributed by atoms with Crippen LogP contribution in [0.5, 0.6) is 0 Å². The summed E-state index contributed by atoms with van der Waals surface area (Å²) in [6, 6.07) is 68.0. The van der Waals surface area contributed by atoms with Gasteiger partial charge in [0.25, 0.3) is 0 Å². The summed E-state index contributed by atoms with van der Waals surface area (Å²) >= 11 is 0. The summed E-state index contributed by atoms with van der Waals surface area (Å²) < 4.78 is 2.30. The molecule has 0 radical (unpaired) electrons. The van der Waals surface area contributed by atoms with Crippen LogP contribution in [-0.2, 0) is 5.41 Å². The first-order valence-electron chi connectivity index (χ1n) is 17.8. The molecule has 2 heterocycles. The summed E-state index contributed by atoms with van der Waals surface area (Å²) in [5, 5.41) is 5.79. The minimum absolute atomic E-state index is 0.492. The number of hydrogen-bond acceptors (Lipinski definition) is 2. The lowest BCUT2D eigenvalue weighted by Gasteiger charge is -2.33. The van der Waals surface area contributed by atoms with Crippen LogP contribution in [0.15, 0.2) is 188 Å². The van der Waals surface area contributed by atoms with E-state index < -0.39 is 5.41 Å². The van der Waals surface area contributed by atoms with Gasteiger partial charge in [0.15, 0.2) is 0 Å². The highest BCUT2D eigenvalue weighted by Crippen LogP contribution is 2.57. The van der Waals surface area contributed by atoms with Gasteiger partial charge in [-0.1, -0.05) is 158 Å². The van der Waals surface area contributed by atoms with Gasteiger partial charge in [-0.2, -0.15) is 0 Å². The van der Waals surface area contributed by atoms with E-state index >= 15 is 0 Å². The molecule has 52 heavy (non-hydrogen) atoms. The van der Waals surface area contributed by atoms with Crippen molar-refractivity contribution in [2.24, 2.45) is 0 Å². The Bertz CT molecular complexity index is 2960. The molecule has 0 saturated heterocycles. The van der Waals surface area contributed by atoms with E-state index in [2.05, 4.69) is 193 Å². The van der Waals surface area contributed by atoms with E-state index in [1.807, 2.05) is 0 Å². The van der Waals surface area contributed by atoms with Gasteiger partial charge in [-0.15, -0.1) is 0 Å². The number of rotatable bonds is 4. The number of fused-ring (bicyclic) bond motifs is 8. The van der Waals surface area contributed by atoms with Crippen molar-refractivity contribution in [2.75, 3.05) is 0 Å². The summed E-state index contributed by atoms with van der Waals surface area (Å²) in [5.41, 5.74) is 12.2. The topological polar surface area (TPSA) is 30.7 Å². The van der Waals surface area contributed by atoms with E-state index in [9.17, 15) is 0 Å². The highest BCUT2D eigenvalue weighted by Gasteiger charge is 2.46. The summed E-state index contributed by atoms with van der Waals surface area (Å²) in [6.45, 7) is 0. The standard InChI is InChI=1S/C49H31N3/c1-4-16-32(17-5-1)47-38-25-13-15-27-44(38)50-48(51-47)52-45-29-34-19-11-10-18-33(34)28-40(45)41-30-43-39(31-46(41)52)37-24-12-14-26-42(37)49(43,35-20-6-2-7-21-35)36-22-8-3-9-23-36/h1-31H. The molecule has 8 aromatic carbocycles. The third kappa shape index (κ3) is 4.02.